The molecule has 0 atom stereocenters. The molecule has 2 aromatic heterocycles. The molecular formula is C19H20ClN5OS. The second-order valence-corrected chi connectivity index (χ2v) is 7.62. The van der Waals surface area contributed by atoms with Crippen molar-refractivity contribution in [2.24, 2.45) is 7.05 Å². The van der Waals surface area contributed by atoms with Crippen molar-refractivity contribution in [1.29, 1.82) is 0 Å². The molecule has 0 aliphatic rings. The van der Waals surface area contributed by atoms with E-state index in [4.69, 9.17) is 11.6 Å². The van der Waals surface area contributed by atoms with E-state index in [2.05, 4.69) is 46.5 Å². The molecule has 27 heavy (non-hydrogen) atoms. The number of aromatic nitrogens is 4. The van der Waals surface area contributed by atoms with Crippen LogP contribution in [0.1, 0.15) is 25.3 Å². The summed E-state index contributed by atoms with van der Waals surface area (Å²) < 4.78 is 1.89. The van der Waals surface area contributed by atoms with E-state index in [9.17, 15) is 4.79 Å². The summed E-state index contributed by atoms with van der Waals surface area (Å²) in [6.07, 6.45) is 1.57. The number of hydrogen-bond acceptors (Lipinski definition) is 5. The third-order valence-electron chi connectivity index (χ3n) is 4.04. The van der Waals surface area contributed by atoms with Crippen molar-refractivity contribution in [2.75, 3.05) is 11.1 Å². The molecule has 6 nitrogen and oxygen atoms in total. The standard InChI is InChI=1S/C19H20ClN5OS/c1-12(2)13-6-8-14(9-7-13)18-23-24-19(25(18)3)27-11-16(26)22-15-5-4-10-21-17(15)20/h4-10,12H,11H2,1-3H3,(H,22,26). The van der Waals surface area contributed by atoms with Crippen LogP contribution in [-0.2, 0) is 11.8 Å². The molecule has 8 heteroatoms. The summed E-state index contributed by atoms with van der Waals surface area (Å²) in [5.41, 5.74) is 2.77. The van der Waals surface area contributed by atoms with Gasteiger partial charge >= 0.3 is 0 Å². The number of hydrogen-bond donors (Lipinski definition) is 1. The molecule has 0 bridgehead atoms. The number of thioether (sulfide) groups is 1. The predicted octanol–water partition coefficient (Wildman–Crippen LogP) is 4.38. The summed E-state index contributed by atoms with van der Waals surface area (Å²) in [6.45, 7) is 4.33. The minimum absolute atomic E-state index is 0.180. The second kappa shape index (κ2) is 8.54. The molecule has 0 radical (unpaired) electrons. The molecule has 0 unspecified atom stereocenters. The van der Waals surface area contributed by atoms with Crippen LogP contribution in [0.25, 0.3) is 11.4 Å². The molecule has 0 saturated heterocycles. The third kappa shape index (κ3) is 4.67. The third-order valence-corrected chi connectivity index (χ3v) is 5.36. The van der Waals surface area contributed by atoms with Crippen molar-refractivity contribution in [3.05, 3.63) is 53.3 Å². The average Bonchev–Trinajstić information content (AvgIpc) is 3.02. The Labute approximate surface area is 167 Å². The van der Waals surface area contributed by atoms with Crippen LogP contribution in [0.3, 0.4) is 0 Å². The Morgan fingerprint density at radius 1 is 1.22 bits per heavy atom. The van der Waals surface area contributed by atoms with Crippen molar-refractivity contribution in [3.63, 3.8) is 0 Å². The number of benzene rings is 1. The molecule has 1 N–H and O–H groups in total. The molecule has 0 fully saturated rings. The Bertz CT molecular complexity index is 940. The Balaban J connectivity index is 1.65. The lowest BCUT2D eigenvalue weighted by Gasteiger charge is -2.08. The number of carbonyl (C=O) groups excluding carboxylic acids is 1. The lowest BCUT2D eigenvalue weighted by Crippen LogP contribution is -2.15. The van der Waals surface area contributed by atoms with Gasteiger partial charge in [-0.2, -0.15) is 0 Å². The van der Waals surface area contributed by atoms with Gasteiger partial charge in [0.2, 0.25) is 5.91 Å². The zero-order valence-corrected chi connectivity index (χ0v) is 16.9. The number of anilines is 1. The zero-order valence-electron chi connectivity index (χ0n) is 15.3. The first kappa shape index (κ1) is 19.4. The summed E-state index contributed by atoms with van der Waals surface area (Å²) in [5, 5.41) is 12.2. The maximum atomic E-state index is 12.2. The van der Waals surface area contributed by atoms with Gasteiger partial charge in [-0.25, -0.2) is 4.98 Å². The monoisotopic (exact) mass is 401 g/mol. The van der Waals surface area contributed by atoms with Gasteiger partial charge in [0, 0.05) is 18.8 Å². The first-order valence-corrected chi connectivity index (χ1v) is 9.85. The Morgan fingerprint density at radius 2 is 1.96 bits per heavy atom. The van der Waals surface area contributed by atoms with Crippen molar-refractivity contribution < 1.29 is 4.79 Å². The van der Waals surface area contributed by atoms with Crippen LogP contribution in [0.4, 0.5) is 5.69 Å². The number of nitrogens with one attached hydrogen (secondary N) is 1. The largest absolute Gasteiger partial charge is 0.323 e. The lowest BCUT2D eigenvalue weighted by molar-refractivity contribution is -0.113. The maximum absolute atomic E-state index is 12.2. The van der Waals surface area contributed by atoms with Gasteiger partial charge < -0.3 is 9.88 Å². The number of pyridine rings is 1. The normalized spacial score (nSPS) is 11.0. The van der Waals surface area contributed by atoms with Crippen LogP contribution in [0.2, 0.25) is 5.15 Å². The molecule has 2 heterocycles. The van der Waals surface area contributed by atoms with E-state index in [1.807, 2.05) is 23.7 Å². The number of amides is 1. The van der Waals surface area contributed by atoms with Crippen molar-refractivity contribution in [2.45, 2.75) is 24.9 Å². The SMILES string of the molecule is CC(C)c1ccc(-c2nnc(SCC(=O)Nc3cccnc3Cl)n2C)cc1. The van der Waals surface area contributed by atoms with Gasteiger partial charge in [0.1, 0.15) is 0 Å². The summed E-state index contributed by atoms with van der Waals surface area (Å²) >= 11 is 7.27. The van der Waals surface area contributed by atoms with Gasteiger partial charge in [-0.05, 0) is 23.6 Å². The van der Waals surface area contributed by atoms with Crippen LogP contribution >= 0.6 is 23.4 Å². The van der Waals surface area contributed by atoms with Crippen molar-refractivity contribution in [1.82, 2.24) is 19.7 Å². The Morgan fingerprint density at radius 3 is 2.63 bits per heavy atom. The van der Waals surface area contributed by atoms with Crippen molar-refractivity contribution >= 4 is 35.0 Å². The highest BCUT2D eigenvalue weighted by Gasteiger charge is 2.14. The van der Waals surface area contributed by atoms with E-state index in [1.54, 1.807) is 18.3 Å². The van der Waals surface area contributed by atoms with Crippen molar-refractivity contribution in [3.8, 4) is 11.4 Å². The van der Waals surface area contributed by atoms with E-state index in [0.29, 0.717) is 16.8 Å². The van der Waals surface area contributed by atoms with E-state index in [-0.39, 0.29) is 16.8 Å². The van der Waals surface area contributed by atoms with Crippen LogP contribution in [-0.4, -0.2) is 31.4 Å². The fraction of sp³-hybridized carbons (Fsp3) is 0.263. The van der Waals surface area contributed by atoms with E-state index in [1.165, 1.54) is 17.3 Å². The average molecular weight is 402 g/mol. The quantitative estimate of drug-likeness (QED) is 0.490. The Kier molecular flexibility index (Phi) is 6.13. The number of halogens is 1. The number of rotatable bonds is 6. The van der Waals surface area contributed by atoms with Crippen LogP contribution in [0.5, 0.6) is 0 Å². The van der Waals surface area contributed by atoms with Gasteiger partial charge in [-0.1, -0.05) is 61.5 Å². The molecule has 0 saturated carbocycles. The minimum atomic E-state index is -0.180. The highest BCUT2D eigenvalue weighted by Crippen LogP contribution is 2.25. The first-order chi connectivity index (χ1) is 13.0. The molecule has 1 amide bonds. The van der Waals surface area contributed by atoms with Crippen LogP contribution in [0, 0.1) is 0 Å². The van der Waals surface area contributed by atoms with Crippen LogP contribution in [0.15, 0.2) is 47.8 Å². The molecule has 1 aromatic carbocycles. The molecule has 3 aromatic rings. The zero-order chi connectivity index (χ0) is 19.4. The molecule has 0 aliphatic carbocycles. The van der Waals surface area contributed by atoms with Crippen LogP contribution < -0.4 is 5.32 Å². The van der Waals surface area contributed by atoms with Gasteiger partial charge in [0.25, 0.3) is 0 Å². The topological polar surface area (TPSA) is 72.7 Å². The summed E-state index contributed by atoms with van der Waals surface area (Å²) in [6, 6.07) is 11.7. The molecule has 3 rings (SSSR count). The van der Waals surface area contributed by atoms with Gasteiger partial charge in [0.05, 0.1) is 11.4 Å². The fourth-order valence-electron chi connectivity index (χ4n) is 2.50. The molecule has 0 spiro atoms. The summed E-state index contributed by atoms with van der Waals surface area (Å²) in [4.78, 5) is 16.1. The fourth-order valence-corrected chi connectivity index (χ4v) is 3.38. The van der Waals surface area contributed by atoms with Gasteiger partial charge in [0.15, 0.2) is 16.1 Å². The molecular weight excluding hydrogens is 382 g/mol. The highest BCUT2D eigenvalue weighted by atomic mass is 35.5. The lowest BCUT2D eigenvalue weighted by atomic mass is 10.0. The van der Waals surface area contributed by atoms with E-state index in [0.717, 1.165) is 11.4 Å². The van der Waals surface area contributed by atoms with E-state index < -0.39 is 0 Å². The maximum Gasteiger partial charge on any atom is 0.234 e. The number of nitrogens with zero attached hydrogens (tertiary/aromatic N) is 4. The molecule has 140 valence electrons. The smallest absolute Gasteiger partial charge is 0.234 e. The van der Waals surface area contributed by atoms with Gasteiger partial charge in [-0.15, -0.1) is 10.2 Å². The summed E-state index contributed by atoms with van der Waals surface area (Å²) in [7, 11) is 1.89. The van der Waals surface area contributed by atoms with Gasteiger partial charge in [-0.3, -0.25) is 4.79 Å². The predicted molar refractivity (Wildman–Crippen MR) is 109 cm³/mol. The number of carbonyl (C=O) groups is 1. The second-order valence-electron chi connectivity index (χ2n) is 6.32. The highest BCUT2D eigenvalue weighted by molar-refractivity contribution is 7.99. The molecule has 0 aliphatic heterocycles. The van der Waals surface area contributed by atoms with E-state index >= 15 is 0 Å². The first-order valence-electron chi connectivity index (χ1n) is 8.48. The minimum Gasteiger partial charge on any atom is -0.323 e. The summed E-state index contributed by atoms with van der Waals surface area (Å²) in [5.74, 6) is 1.27. The Hall–Kier alpha value is -2.38.